The van der Waals surface area contributed by atoms with Gasteiger partial charge in [0.1, 0.15) is 11.6 Å². The molecule has 0 amide bonds. The Hall–Kier alpha value is -3.26. The minimum atomic E-state index is -0.507. The van der Waals surface area contributed by atoms with Gasteiger partial charge in [0.25, 0.3) is 11.2 Å². The molecule has 1 atom stereocenters. The topological polar surface area (TPSA) is 99.3 Å². The Morgan fingerprint density at radius 3 is 2.50 bits per heavy atom. The van der Waals surface area contributed by atoms with Crippen LogP contribution in [0, 0.1) is 10.1 Å². The van der Waals surface area contributed by atoms with Crippen LogP contribution in [0.3, 0.4) is 0 Å². The fourth-order valence-electron chi connectivity index (χ4n) is 3.59. The normalized spacial score (nSPS) is 15.9. The van der Waals surface area contributed by atoms with Crippen LogP contribution in [0.2, 0.25) is 0 Å². The molecule has 1 fully saturated rings. The summed E-state index contributed by atoms with van der Waals surface area (Å²) in [5, 5.41) is 14.8. The van der Waals surface area contributed by atoms with Crippen LogP contribution in [0.4, 0.5) is 5.69 Å². The summed E-state index contributed by atoms with van der Waals surface area (Å²) in [7, 11) is 1.58. The van der Waals surface area contributed by atoms with Gasteiger partial charge in [-0.1, -0.05) is 20.3 Å². The lowest BCUT2D eigenvalue weighted by Crippen LogP contribution is -2.34. The molecule has 4 rings (SSSR count). The van der Waals surface area contributed by atoms with E-state index in [9.17, 15) is 14.9 Å². The molecular formula is C22H26N4O4. The van der Waals surface area contributed by atoms with Crippen molar-refractivity contribution < 1.29 is 9.66 Å². The van der Waals surface area contributed by atoms with Gasteiger partial charge in [-0.2, -0.15) is 0 Å². The molecule has 1 aromatic heterocycles. The molecule has 0 bridgehead atoms. The summed E-state index contributed by atoms with van der Waals surface area (Å²) >= 11 is 0. The molecule has 1 aliphatic rings. The third kappa shape index (κ3) is 4.18. The SMILES string of the molecule is CC.COc1ccc(-n2c(C3CCCCN3)nc3ccc([N+](=O)[O-])cc3c2=O)cc1. The first-order valence-corrected chi connectivity index (χ1v) is 10.2. The molecule has 158 valence electrons. The van der Waals surface area contributed by atoms with E-state index < -0.39 is 4.92 Å². The molecule has 0 spiro atoms. The van der Waals surface area contributed by atoms with Crippen LogP contribution in [-0.2, 0) is 0 Å². The maximum absolute atomic E-state index is 13.4. The molecule has 1 N–H and O–H groups in total. The molecule has 1 aliphatic heterocycles. The third-order valence-corrected chi connectivity index (χ3v) is 5.04. The number of nitro benzene ring substituents is 1. The van der Waals surface area contributed by atoms with Crippen molar-refractivity contribution in [1.29, 1.82) is 0 Å². The lowest BCUT2D eigenvalue weighted by atomic mass is 10.0. The second-order valence-electron chi connectivity index (χ2n) is 6.77. The molecule has 1 unspecified atom stereocenters. The number of rotatable bonds is 4. The van der Waals surface area contributed by atoms with Crippen LogP contribution in [0.1, 0.15) is 45.0 Å². The van der Waals surface area contributed by atoms with Gasteiger partial charge in [0.15, 0.2) is 0 Å². The number of fused-ring (bicyclic) bond motifs is 1. The number of non-ortho nitro benzene ring substituents is 1. The van der Waals surface area contributed by atoms with Crippen molar-refractivity contribution in [2.24, 2.45) is 0 Å². The zero-order chi connectivity index (χ0) is 21.7. The summed E-state index contributed by atoms with van der Waals surface area (Å²) in [6.07, 6.45) is 3.01. The lowest BCUT2D eigenvalue weighted by Gasteiger charge is -2.26. The van der Waals surface area contributed by atoms with Crippen LogP contribution in [0.15, 0.2) is 47.3 Å². The van der Waals surface area contributed by atoms with Crippen molar-refractivity contribution in [3.63, 3.8) is 0 Å². The van der Waals surface area contributed by atoms with Gasteiger partial charge in [0.2, 0.25) is 0 Å². The largest absolute Gasteiger partial charge is 0.497 e. The maximum Gasteiger partial charge on any atom is 0.270 e. The van der Waals surface area contributed by atoms with Gasteiger partial charge in [0.05, 0.1) is 34.7 Å². The summed E-state index contributed by atoms with van der Waals surface area (Å²) in [5.74, 6) is 1.30. The highest BCUT2D eigenvalue weighted by Gasteiger charge is 2.23. The number of nitrogens with zero attached hydrogens (tertiary/aromatic N) is 3. The number of benzene rings is 2. The quantitative estimate of drug-likeness (QED) is 0.512. The Morgan fingerprint density at radius 2 is 1.90 bits per heavy atom. The van der Waals surface area contributed by atoms with Crippen molar-refractivity contribution >= 4 is 16.6 Å². The minimum Gasteiger partial charge on any atom is -0.497 e. The molecular weight excluding hydrogens is 384 g/mol. The summed E-state index contributed by atoms with van der Waals surface area (Å²) in [6, 6.07) is 11.3. The number of hydrogen-bond acceptors (Lipinski definition) is 6. The monoisotopic (exact) mass is 410 g/mol. The Kier molecular flexibility index (Phi) is 6.79. The predicted molar refractivity (Wildman–Crippen MR) is 116 cm³/mol. The Morgan fingerprint density at radius 1 is 1.17 bits per heavy atom. The van der Waals surface area contributed by atoms with E-state index in [2.05, 4.69) is 5.32 Å². The van der Waals surface area contributed by atoms with Gasteiger partial charge in [-0.15, -0.1) is 0 Å². The first kappa shape index (κ1) is 21.4. The lowest BCUT2D eigenvalue weighted by molar-refractivity contribution is -0.384. The Balaban J connectivity index is 0.00000124. The molecule has 2 heterocycles. The van der Waals surface area contributed by atoms with Gasteiger partial charge < -0.3 is 10.1 Å². The molecule has 8 heteroatoms. The molecule has 0 saturated carbocycles. The van der Waals surface area contributed by atoms with Crippen molar-refractivity contribution in [2.45, 2.75) is 39.2 Å². The van der Waals surface area contributed by atoms with Gasteiger partial charge in [-0.25, -0.2) is 4.98 Å². The average molecular weight is 410 g/mol. The number of nitro groups is 1. The Bertz CT molecular complexity index is 1090. The predicted octanol–water partition coefficient (Wildman–Crippen LogP) is 4.14. The molecule has 0 aliphatic carbocycles. The highest BCUT2D eigenvalue weighted by Crippen LogP contribution is 2.26. The number of methoxy groups -OCH3 is 1. The molecule has 0 radical (unpaired) electrons. The number of ether oxygens (including phenoxy) is 1. The van der Waals surface area contributed by atoms with Crippen LogP contribution in [-0.4, -0.2) is 28.1 Å². The summed E-state index contributed by atoms with van der Waals surface area (Å²) < 4.78 is 6.75. The van der Waals surface area contributed by atoms with Crippen molar-refractivity contribution in [3.05, 3.63) is 68.8 Å². The van der Waals surface area contributed by atoms with Crippen LogP contribution >= 0.6 is 0 Å². The van der Waals surface area contributed by atoms with Crippen LogP contribution < -0.4 is 15.6 Å². The highest BCUT2D eigenvalue weighted by molar-refractivity contribution is 5.80. The maximum atomic E-state index is 13.4. The van der Waals surface area contributed by atoms with E-state index in [0.29, 0.717) is 22.8 Å². The van der Waals surface area contributed by atoms with Gasteiger partial charge in [-0.05, 0) is 49.7 Å². The van der Waals surface area contributed by atoms with Crippen molar-refractivity contribution in [3.8, 4) is 11.4 Å². The zero-order valence-corrected chi connectivity index (χ0v) is 17.4. The van der Waals surface area contributed by atoms with Crippen molar-refractivity contribution in [2.75, 3.05) is 13.7 Å². The van der Waals surface area contributed by atoms with Crippen molar-refractivity contribution in [1.82, 2.24) is 14.9 Å². The minimum absolute atomic E-state index is 0.0526. The number of aromatic nitrogens is 2. The summed E-state index contributed by atoms with van der Waals surface area (Å²) in [4.78, 5) is 28.7. The number of hydrogen-bond donors (Lipinski definition) is 1. The highest BCUT2D eigenvalue weighted by atomic mass is 16.6. The summed E-state index contributed by atoms with van der Waals surface area (Å²) in [5.41, 5.74) is 0.661. The fourth-order valence-corrected chi connectivity index (χ4v) is 3.59. The third-order valence-electron chi connectivity index (χ3n) is 5.04. The van der Waals surface area contributed by atoms with E-state index in [1.807, 2.05) is 13.8 Å². The fraction of sp³-hybridized carbons (Fsp3) is 0.364. The number of piperidine rings is 1. The van der Waals surface area contributed by atoms with Gasteiger partial charge >= 0.3 is 0 Å². The first-order valence-electron chi connectivity index (χ1n) is 10.2. The van der Waals surface area contributed by atoms with Gasteiger partial charge in [-0.3, -0.25) is 19.5 Å². The van der Waals surface area contributed by atoms with E-state index in [1.165, 1.54) is 12.1 Å². The molecule has 2 aromatic carbocycles. The van der Waals surface area contributed by atoms with E-state index in [-0.39, 0.29) is 22.7 Å². The zero-order valence-electron chi connectivity index (χ0n) is 17.4. The second-order valence-corrected chi connectivity index (χ2v) is 6.77. The Labute approximate surface area is 174 Å². The molecule has 30 heavy (non-hydrogen) atoms. The molecule has 3 aromatic rings. The average Bonchev–Trinajstić information content (AvgIpc) is 2.80. The standard InChI is InChI=1S/C20H20N4O4.C2H6/c1-28-15-8-5-13(6-9-15)23-19(18-4-2-3-11-21-18)22-17-10-7-14(24(26)27)12-16(17)20(23)25;1-2/h5-10,12,18,21H,2-4,11H2,1H3;1-2H3. The second kappa shape index (κ2) is 9.49. The van der Waals surface area contributed by atoms with Gasteiger partial charge in [0, 0.05) is 12.1 Å². The smallest absolute Gasteiger partial charge is 0.270 e. The van der Waals surface area contributed by atoms with Crippen LogP contribution in [0.25, 0.3) is 16.6 Å². The van der Waals surface area contributed by atoms with Crippen LogP contribution in [0.5, 0.6) is 5.75 Å². The molecule has 8 nitrogen and oxygen atoms in total. The first-order chi connectivity index (χ1) is 14.6. The van der Waals surface area contributed by atoms with E-state index in [4.69, 9.17) is 9.72 Å². The number of nitrogens with one attached hydrogen (secondary N) is 1. The van der Waals surface area contributed by atoms with E-state index in [0.717, 1.165) is 25.8 Å². The van der Waals surface area contributed by atoms with E-state index >= 15 is 0 Å². The molecule has 1 saturated heterocycles. The summed E-state index contributed by atoms with van der Waals surface area (Å²) in [6.45, 7) is 4.86. The van der Waals surface area contributed by atoms with E-state index in [1.54, 1.807) is 42.0 Å².